The summed E-state index contributed by atoms with van der Waals surface area (Å²) >= 11 is 0. The summed E-state index contributed by atoms with van der Waals surface area (Å²) in [5.41, 5.74) is 13.1. The van der Waals surface area contributed by atoms with Gasteiger partial charge in [0.15, 0.2) is 17.5 Å². The molecule has 0 radical (unpaired) electrons. The van der Waals surface area contributed by atoms with Gasteiger partial charge in [-0.2, -0.15) is 0 Å². The van der Waals surface area contributed by atoms with Crippen LogP contribution in [-0.4, -0.2) is 24.5 Å². The van der Waals surface area contributed by atoms with Crippen LogP contribution in [0.3, 0.4) is 0 Å². The minimum Gasteiger partial charge on any atom is -0.309 e. The molecule has 0 atom stereocenters. The van der Waals surface area contributed by atoms with E-state index >= 15 is 0 Å². The fourth-order valence-corrected chi connectivity index (χ4v) is 7.53. The van der Waals surface area contributed by atoms with E-state index in [1.54, 1.807) is 0 Å². The van der Waals surface area contributed by atoms with E-state index < -0.39 is 0 Å². The Morgan fingerprint density at radius 2 is 0.818 bits per heavy atom. The zero-order chi connectivity index (χ0) is 36.6. The summed E-state index contributed by atoms with van der Waals surface area (Å²) < 4.78 is 2.36. The highest BCUT2D eigenvalue weighted by Crippen LogP contribution is 2.39. The van der Waals surface area contributed by atoms with Gasteiger partial charge in [-0.25, -0.2) is 15.0 Å². The highest BCUT2D eigenvalue weighted by Gasteiger charge is 2.17. The molecule has 0 amide bonds. The van der Waals surface area contributed by atoms with Crippen molar-refractivity contribution in [1.82, 2.24) is 24.5 Å². The number of para-hydroxylation sites is 2. The Bertz CT molecular complexity index is 2950. The van der Waals surface area contributed by atoms with Crippen LogP contribution in [0.5, 0.6) is 0 Å². The van der Waals surface area contributed by atoms with E-state index in [1.165, 1.54) is 32.9 Å². The first-order valence-electron chi connectivity index (χ1n) is 18.4. The van der Waals surface area contributed by atoms with Crippen molar-refractivity contribution in [2.75, 3.05) is 0 Å². The molecule has 0 saturated heterocycles. The number of pyridine rings is 1. The quantitative estimate of drug-likeness (QED) is 0.166. The molecule has 0 saturated carbocycles. The fraction of sp³-hybridized carbons (Fsp3) is 0. The molecule has 0 aliphatic carbocycles. The standard InChI is InChI=1S/C50H33N5/c1-3-12-37(13-4-1)48-52-49(54-50(53-48)41-17-10-15-39(33-41)35-28-30-51-31-29-35)40-16-9-14-38(32-40)34-24-26-36(27-25-34)43-21-11-23-46-47(43)44-20-7-8-22-45(44)55(46)42-18-5-2-6-19-42/h1-33H. The Hall–Kier alpha value is -7.50. The van der Waals surface area contributed by atoms with Crippen LogP contribution < -0.4 is 0 Å². The maximum absolute atomic E-state index is 5.06. The fourth-order valence-electron chi connectivity index (χ4n) is 7.53. The monoisotopic (exact) mass is 703 g/mol. The lowest BCUT2D eigenvalue weighted by Crippen LogP contribution is -2.00. The summed E-state index contributed by atoms with van der Waals surface area (Å²) in [7, 11) is 0. The van der Waals surface area contributed by atoms with Crippen molar-refractivity contribution in [3.05, 3.63) is 200 Å². The van der Waals surface area contributed by atoms with Crippen molar-refractivity contribution in [1.29, 1.82) is 0 Å². The molecule has 55 heavy (non-hydrogen) atoms. The number of rotatable bonds is 7. The maximum atomic E-state index is 5.06. The molecule has 0 aliphatic heterocycles. The zero-order valence-electron chi connectivity index (χ0n) is 29.8. The third-order valence-electron chi connectivity index (χ3n) is 10.2. The minimum atomic E-state index is 0.623. The van der Waals surface area contributed by atoms with Gasteiger partial charge >= 0.3 is 0 Å². The van der Waals surface area contributed by atoms with Crippen molar-refractivity contribution in [3.63, 3.8) is 0 Å². The molecule has 5 nitrogen and oxygen atoms in total. The van der Waals surface area contributed by atoms with Crippen molar-refractivity contribution < 1.29 is 0 Å². The second-order valence-electron chi connectivity index (χ2n) is 13.5. The second-order valence-corrected chi connectivity index (χ2v) is 13.5. The maximum Gasteiger partial charge on any atom is 0.164 e. The number of hydrogen-bond donors (Lipinski definition) is 0. The first-order chi connectivity index (χ1) is 27.3. The van der Waals surface area contributed by atoms with E-state index in [1.807, 2.05) is 60.9 Å². The summed E-state index contributed by atoms with van der Waals surface area (Å²) in [5, 5.41) is 2.49. The van der Waals surface area contributed by atoms with E-state index in [2.05, 4.69) is 149 Å². The largest absolute Gasteiger partial charge is 0.309 e. The second kappa shape index (κ2) is 13.8. The van der Waals surface area contributed by atoms with Gasteiger partial charge in [0.2, 0.25) is 0 Å². The van der Waals surface area contributed by atoms with Crippen LogP contribution in [0.25, 0.3) is 95.0 Å². The molecule has 10 aromatic rings. The Labute approximate surface area is 318 Å². The van der Waals surface area contributed by atoms with Gasteiger partial charge in [0, 0.05) is 45.5 Å². The molecule has 7 aromatic carbocycles. The summed E-state index contributed by atoms with van der Waals surface area (Å²) in [6, 6.07) is 65.7. The third kappa shape index (κ3) is 6.04. The van der Waals surface area contributed by atoms with Crippen LogP contribution >= 0.6 is 0 Å². The van der Waals surface area contributed by atoms with Crippen molar-refractivity contribution in [2.24, 2.45) is 0 Å². The summed E-state index contributed by atoms with van der Waals surface area (Å²) in [4.78, 5) is 19.2. The van der Waals surface area contributed by atoms with Crippen LogP contribution in [0.15, 0.2) is 200 Å². The molecule has 5 heteroatoms. The smallest absolute Gasteiger partial charge is 0.164 e. The normalized spacial score (nSPS) is 11.3. The van der Waals surface area contributed by atoms with Crippen LogP contribution in [0.2, 0.25) is 0 Å². The average molecular weight is 704 g/mol. The van der Waals surface area contributed by atoms with E-state index in [0.717, 1.165) is 44.6 Å². The Morgan fingerprint density at radius 3 is 1.49 bits per heavy atom. The lowest BCUT2D eigenvalue weighted by Gasteiger charge is -2.11. The van der Waals surface area contributed by atoms with Gasteiger partial charge in [0.1, 0.15) is 0 Å². The molecule has 0 fully saturated rings. The summed E-state index contributed by atoms with van der Waals surface area (Å²) in [6.45, 7) is 0. The molecule has 0 spiro atoms. The van der Waals surface area contributed by atoms with Gasteiger partial charge in [0.05, 0.1) is 11.0 Å². The van der Waals surface area contributed by atoms with E-state index in [4.69, 9.17) is 15.0 Å². The number of hydrogen-bond acceptors (Lipinski definition) is 4. The van der Waals surface area contributed by atoms with Gasteiger partial charge in [-0.1, -0.05) is 140 Å². The van der Waals surface area contributed by atoms with E-state index in [9.17, 15) is 0 Å². The van der Waals surface area contributed by atoms with Gasteiger partial charge in [-0.15, -0.1) is 0 Å². The Morgan fingerprint density at radius 1 is 0.327 bits per heavy atom. The zero-order valence-corrected chi connectivity index (χ0v) is 29.8. The van der Waals surface area contributed by atoms with Crippen LogP contribution in [0, 0.1) is 0 Å². The minimum absolute atomic E-state index is 0.623. The van der Waals surface area contributed by atoms with Crippen molar-refractivity contribution in [2.45, 2.75) is 0 Å². The predicted molar refractivity (Wildman–Crippen MR) is 225 cm³/mol. The van der Waals surface area contributed by atoms with Crippen molar-refractivity contribution in [3.8, 4) is 73.2 Å². The molecule has 3 aromatic heterocycles. The molecule has 258 valence electrons. The topological polar surface area (TPSA) is 56.5 Å². The highest BCUT2D eigenvalue weighted by atomic mass is 15.0. The van der Waals surface area contributed by atoms with E-state index in [-0.39, 0.29) is 0 Å². The molecular formula is C50H33N5. The molecular weight excluding hydrogens is 671 g/mol. The van der Waals surface area contributed by atoms with Crippen LogP contribution in [-0.2, 0) is 0 Å². The number of fused-ring (bicyclic) bond motifs is 3. The molecule has 0 N–H and O–H groups in total. The number of nitrogens with zero attached hydrogens (tertiary/aromatic N) is 5. The molecule has 0 unspecified atom stereocenters. The van der Waals surface area contributed by atoms with Gasteiger partial charge in [-0.05, 0) is 81.9 Å². The Kier molecular flexibility index (Phi) is 8.08. The van der Waals surface area contributed by atoms with Gasteiger partial charge in [0.25, 0.3) is 0 Å². The molecule has 0 aliphatic rings. The predicted octanol–water partition coefficient (Wildman–Crippen LogP) is 12.4. The average Bonchev–Trinajstić information content (AvgIpc) is 3.62. The van der Waals surface area contributed by atoms with Crippen LogP contribution in [0.1, 0.15) is 0 Å². The van der Waals surface area contributed by atoms with Crippen LogP contribution in [0.4, 0.5) is 0 Å². The summed E-state index contributed by atoms with van der Waals surface area (Å²) in [6.07, 6.45) is 3.62. The molecule has 10 rings (SSSR count). The SMILES string of the molecule is c1ccc(-c2nc(-c3cccc(-c4ccncc4)c3)nc(-c3cccc(-c4ccc(-c5cccc6c5c5ccccc5n6-c5ccccc5)cc4)c3)n2)cc1. The lowest BCUT2D eigenvalue weighted by molar-refractivity contribution is 1.07. The molecule has 3 heterocycles. The van der Waals surface area contributed by atoms with Gasteiger partial charge in [-0.3, -0.25) is 4.98 Å². The van der Waals surface area contributed by atoms with Gasteiger partial charge < -0.3 is 4.57 Å². The highest BCUT2D eigenvalue weighted by molar-refractivity contribution is 6.15. The molecule has 0 bridgehead atoms. The first kappa shape index (κ1) is 32.2. The first-order valence-corrected chi connectivity index (χ1v) is 18.4. The van der Waals surface area contributed by atoms with E-state index in [0.29, 0.717) is 17.5 Å². The number of benzene rings is 7. The summed E-state index contributed by atoms with van der Waals surface area (Å²) in [5.74, 6) is 1.88. The lowest BCUT2D eigenvalue weighted by atomic mass is 9.96. The number of aromatic nitrogens is 5. The van der Waals surface area contributed by atoms with Crippen molar-refractivity contribution >= 4 is 21.8 Å². The Balaban J connectivity index is 1.03. The third-order valence-corrected chi connectivity index (χ3v) is 10.2.